The molecule has 4 nitrogen and oxygen atoms in total. The molecule has 0 aliphatic carbocycles. The van der Waals surface area contributed by atoms with Crippen molar-refractivity contribution in [1.82, 2.24) is 19.7 Å². The molecule has 0 aliphatic heterocycles. The van der Waals surface area contributed by atoms with Gasteiger partial charge < -0.3 is 4.57 Å². The number of aryl methyl sites for hydroxylation is 1. The summed E-state index contributed by atoms with van der Waals surface area (Å²) in [6, 6.07) is 2.10. The lowest BCUT2D eigenvalue weighted by molar-refractivity contribution is 0.765. The molecule has 7 heteroatoms. The van der Waals surface area contributed by atoms with Crippen LogP contribution in [0.2, 0.25) is 0 Å². The second kappa shape index (κ2) is 5.44. The van der Waals surface area contributed by atoms with Crippen molar-refractivity contribution in [2.24, 2.45) is 7.05 Å². The minimum absolute atomic E-state index is 0.826. The van der Waals surface area contributed by atoms with Gasteiger partial charge in [-0.15, -0.1) is 21.5 Å². The Bertz CT molecular complexity index is 669. The smallest absolute Gasteiger partial charge is 0.191 e. The first-order valence-corrected chi connectivity index (χ1v) is 8.50. The standard InChI is InChI=1S/C12H12N4S3/c1-8-14-15-12(16(8)2)19-7-10-6-18-11(13-10)9-3-4-17-5-9/h3-6H,7H2,1-2H3. The van der Waals surface area contributed by atoms with Crippen molar-refractivity contribution >= 4 is 34.4 Å². The molecule has 0 fully saturated rings. The fraction of sp³-hybridized carbons (Fsp3) is 0.250. The fourth-order valence-electron chi connectivity index (χ4n) is 1.54. The van der Waals surface area contributed by atoms with Crippen molar-refractivity contribution in [3.8, 4) is 10.6 Å². The number of nitrogens with zero attached hydrogens (tertiary/aromatic N) is 4. The maximum Gasteiger partial charge on any atom is 0.191 e. The van der Waals surface area contributed by atoms with Crippen LogP contribution >= 0.6 is 34.4 Å². The van der Waals surface area contributed by atoms with Crippen molar-refractivity contribution in [2.45, 2.75) is 17.8 Å². The van der Waals surface area contributed by atoms with E-state index in [4.69, 9.17) is 0 Å². The number of aromatic nitrogens is 4. The van der Waals surface area contributed by atoms with Gasteiger partial charge in [0.2, 0.25) is 0 Å². The Kier molecular flexibility index (Phi) is 3.67. The third kappa shape index (κ3) is 2.72. The molecule has 0 unspecified atom stereocenters. The predicted molar refractivity (Wildman–Crippen MR) is 80.7 cm³/mol. The van der Waals surface area contributed by atoms with Crippen molar-refractivity contribution < 1.29 is 0 Å². The summed E-state index contributed by atoms with van der Waals surface area (Å²) < 4.78 is 2.00. The van der Waals surface area contributed by atoms with Gasteiger partial charge in [0.05, 0.1) is 5.69 Å². The van der Waals surface area contributed by atoms with E-state index >= 15 is 0 Å². The molecule has 3 heterocycles. The quantitative estimate of drug-likeness (QED) is 0.691. The Morgan fingerprint density at radius 3 is 2.89 bits per heavy atom. The van der Waals surface area contributed by atoms with Crippen molar-refractivity contribution in [1.29, 1.82) is 0 Å². The van der Waals surface area contributed by atoms with Crippen LogP contribution in [0.25, 0.3) is 10.6 Å². The molecule has 0 N–H and O–H groups in total. The summed E-state index contributed by atoms with van der Waals surface area (Å²) in [4.78, 5) is 4.65. The molecule has 98 valence electrons. The van der Waals surface area contributed by atoms with Gasteiger partial charge in [-0.3, -0.25) is 0 Å². The van der Waals surface area contributed by atoms with E-state index < -0.39 is 0 Å². The molecular formula is C12H12N4S3. The van der Waals surface area contributed by atoms with E-state index in [9.17, 15) is 0 Å². The normalized spacial score (nSPS) is 11.1. The van der Waals surface area contributed by atoms with E-state index in [1.165, 1.54) is 5.56 Å². The molecule has 0 atom stereocenters. The Balaban J connectivity index is 1.69. The highest BCUT2D eigenvalue weighted by Crippen LogP contribution is 2.28. The summed E-state index contributed by atoms with van der Waals surface area (Å²) in [5, 5.41) is 16.5. The lowest BCUT2D eigenvalue weighted by atomic mass is 10.4. The Labute approximate surface area is 123 Å². The average Bonchev–Trinajstić information content (AvgIpc) is 3.11. The number of hydrogen-bond acceptors (Lipinski definition) is 6. The van der Waals surface area contributed by atoms with Gasteiger partial charge in [-0.1, -0.05) is 11.8 Å². The number of hydrogen-bond donors (Lipinski definition) is 0. The highest BCUT2D eigenvalue weighted by molar-refractivity contribution is 7.98. The molecule has 0 aliphatic rings. The molecule has 19 heavy (non-hydrogen) atoms. The molecular weight excluding hydrogens is 296 g/mol. The molecule has 3 aromatic rings. The van der Waals surface area contributed by atoms with Gasteiger partial charge in [0.15, 0.2) is 5.16 Å². The van der Waals surface area contributed by atoms with Crippen LogP contribution in [0.5, 0.6) is 0 Å². The SMILES string of the molecule is Cc1nnc(SCc2csc(-c3ccsc3)n2)n1C. The van der Waals surface area contributed by atoms with Gasteiger partial charge in [0.1, 0.15) is 10.8 Å². The van der Waals surface area contributed by atoms with Gasteiger partial charge in [-0.25, -0.2) is 4.98 Å². The van der Waals surface area contributed by atoms with E-state index in [2.05, 4.69) is 37.4 Å². The number of rotatable bonds is 4. The van der Waals surface area contributed by atoms with Crippen LogP contribution in [0.4, 0.5) is 0 Å². The van der Waals surface area contributed by atoms with Gasteiger partial charge in [0.25, 0.3) is 0 Å². The zero-order valence-corrected chi connectivity index (χ0v) is 13.0. The van der Waals surface area contributed by atoms with Crippen molar-refractivity contribution in [3.63, 3.8) is 0 Å². The first-order valence-electron chi connectivity index (χ1n) is 5.70. The summed E-state index contributed by atoms with van der Waals surface area (Å²) in [6.07, 6.45) is 0. The Morgan fingerprint density at radius 1 is 1.32 bits per heavy atom. The summed E-state index contributed by atoms with van der Waals surface area (Å²) in [5.74, 6) is 1.76. The van der Waals surface area contributed by atoms with Crippen LogP contribution in [0.3, 0.4) is 0 Å². The van der Waals surface area contributed by atoms with E-state index in [1.54, 1.807) is 34.4 Å². The highest BCUT2D eigenvalue weighted by atomic mass is 32.2. The zero-order chi connectivity index (χ0) is 13.2. The third-order valence-corrected chi connectivity index (χ3v) is 5.40. The number of thioether (sulfide) groups is 1. The Morgan fingerprint density at radius 2 is 2.21 bits per heavy atom. The third-order valence-electron chi connectivity index (χ3n) is 2.72. The summed E-state index contributed by atoms with van der Waals surface area (Å²) in [6.45, 7) is 1.95. The molecule has 3 rings (SSSR count). The van der Waals surface area contributed by atoms with Crippen molar-refractivity contribution in [3.05, 3.63) is 33.7 Å². The molecule has 0 spiro atoms. The van der Waals surface area contributed by atoms with Gasteiger partial charge in [-0.05, 0) is 18.4 Å². The van der Waals surface area contributed by atoms with Crippen LogP contribution in [0.1, 0.15) is 11.5 Å². The highest BCUT2D eigenvalue weighted by Gasteiger charge is 2.09. The zero-order valence-electron chi connectivity index (χ0n) is 10.5. The lowest BCUT2D eigenvalue weighted by Crippen LogP contribution is -1.93. The Hall–Kier alpha value is -1.18. The van der Waals surface area contributed by atoms with E-state index in [0.717, 1.165) is 27.4 Å². The topological polar surface area (TPSA) is 43.6 Å². The molecule has 0 saturated carbocycles. The predicted octanol–water partition coefficient (Wildman–Crippen LogP) is 3.60. The largest absolute Gasteiger partial charge is 0.309 e. The summed E-state index contributed by atoms with van der Waals surface area (Å²) >= 11 is 5.06. The molecule has 0 aromatic carbocycles. The second-order valence-corrected chi connectivity index (χ2v) is 6.61. The van der Waals surface area contributed by atoms with Crippen LogP contribution < -0.4 is 0 Å². The van der Waals surface area contributed by atoms with E-state index in [0.29, 0.717) is 0 Å². The summed E-state index contributed by atoms with van der Waals surface area (Å²) in [5.41, 5.74) is 2.30. The van der Waals surface area contributed by atoms with Crippen LogP contribution in [-0.2, 0) is 12.8 Å². The maximum absolute atomic E-state index is 4.65. The number of thiazole rings is 1. The molecule has 3 aromatic heterocycles. The van der Waals surface area contributed by atoms with Crippen molar-refractivity contribution in [2.75, 3.05) is 0 Å². The molecule has 0 amide bonds. The van der Waals surface area contributed by atoms with Gasteiger partial charge in [0, 0.05) is 29.1 Å². The maximum atomic E-state index is 4.65. The lowest BCUT2D eigenvalue weighted by Gasteiger charge is -1.99. The first-order chi connectivity index (χ1) is 9.24. The van der Waals surface area contributed by atoms with Gasteiger partial charge >= 0.3 is 0 Å². The van der Waals surface area contributed by atoms with E-state index in [1.807, 2.05) is 18.5 Å². The first kappa shape index (κ1) is 12.8. The average molecular weight is 308 g/mol. The fourth-order valence-corrected chi connectivity index (χ4v) is 4.03. The molecule has 0 radical (unpaired) electrons. The van der Waals surface area contributed by atoms with E-state index in [-0.39, 0.29) is 0 Å². The monoisotopic (exact) mass is 308 g/mol. The van der Waals surface area contributed by atoms with Crippen LogP contribution in [0.15, 0.2) is 27.4 Å². The summed E-state index contributed by atoms with van der Waals surface area (Å²) in [7, 11) is 1.98. The second-order valence-electron chi connectivity index (χ2n) is 4.03. The van der Waals surface area contributed by atoms with Crippen LogP contribution in [0, 0.1) is 6.92 Å². The van der Waals surface area contributed by atoms with Gasteiger partial charge in [-0.2, -0.15) is 11.3 Å². The minimum atomic E-state index is 0.826. The number of thiophene rings is 1. The minimum Gasteiger partial charge on any atom is -0.309 e. The van der Waals surface area contributed by atoms with Crippen LogP contribution in [-0.4, -0.2) is 19.7 Å². The molecule has 0 saturated heterocycles. The molecule has 0 bridgehead atoms.